The number of carboxylic acid groups (broad SMARTS) is 1. The standard InChI is InChI=1S/C34H45N3O4.CH4/c1-3-41-27-12-14-29-30(21-27)36(17-16-35-15-7-8-24(22-35)23-40-2)18-19-37-31-20-26(34(38)39)11-13-28(31)32(33(29)37)25-9-5-4-6-10-25;/h11-14,20-21,24-25H,3-10,15-19,22-23H2,1-2H3,(H,38,39);1H4/t24-;/m1./s1. The van der Waals surface area contributed by atoms with Crippen LogP contribution in [0.15, 0.2) is 36.4 Å². The lowest BCUT2D eigenvalue weighted by Gasteiger charge is -2.34. The van der Waals surface area contributed by atoms with E-state index < -0.39 is 5.97 Å². The van der Waals surface area contributed by atoms with Crippen molar-refractivity contribution in [3.63, 3.8) is 0 Å². The van der Waals surface area contributed by atoms with Gasteiger partial charge in [-0.2, -0.15) is 0 Å². The van der Waals surface area contributed by atoms with Gasteiger partial charge < -0.3 is 28.9 Å². The Morgan fingerprint density at radius 1 is 0.976 bits per heavy atom. The molecule has 0 radical (unpaired) electrons. The van der Waals surface area contributed by atoms with Crippen molar-refractivity contribution in [2.24, 2.45) is 5.92 Å². The summed E-state index contributed by atoms with van der Waals surface area (Å²) in [5.74, 6) is 1.15. The SMILES string of the molecule is C.CCOc1ccc2c(c1)N(CCN1CCC[C@@H](COC)C1)CCn1c-2c(C2CCCCC2)c2ccc(C(=O)O)cc21. The van der Waals surface area contributed by atoms with Crippen LogP contribution < -0.4 is 9.64 Å². The molecule has 7 heteroatoms. The molecule has 1 saturated carbocycles. The number of hydrogen-bond donors (Lipinski definition) is 1. The fourth-order valence-electron chi connectivity index (χ4n) is 7.63. The number of fused-ring (bicyclic) bond motifs is 5. The third kappa shape index (κ3) is 6.04. The zero-order chi connectivity index (χ0) is 28.3. The normalized spacial score (nSPS) is 19.6. The van der Waals surface area contributed by atoms with E-state index in [-0.39, 0.29) is 7.43 Å². The number of aromatic carboxylic acids is 1. The second-order valence-electron chi connectivity index (χ2n) is 12.1. The largest absolute Gasteiger partial charge is 0.494 e. The van der Waals surface area contributed by atoms with Crippen LogP contribution in [0.25, 0.3) is 22.2 Å². The van der Waals surface area contributed by atoms with Crippen LogP contribution in [0.3, 0.4) is 0 Å². The molecular weight excluding hydrogens is 526 g/mol. The summed E-state index contributed by atoms with van der Waals surface area (Å²) in [4.78, 5) is 17.1. The number of likely N-dealkylation sites (tertiary alicyclic amines) is 1. The van der Waals surface area contributed by atoms with E-state index in [0.29, 0.717) is 24.0 Å². The van der Waals surface area contributed by atoms with Crippen LogP contribution in [0.5, 0.6) is 5.75 Å². The Balaban J connectivity index is 0.00000353. The van der Waals surface area contributed by atoms with Gasteiger partial charge in [-0.05, 0) is 80.8 Å². The van der Waals surface area contributed by atoms with Crippen molar-refractivity contribution in [2.75, 3.05) is 57.9 Å². The quantitative estimate of drug-likeness (QED) is 0.290. The average Bonchev–Trinajstić information content (AvgIpc) is 3.22. The number of aromatic nitrogens is 1. The molecular formula is C35H49N3O4. The first-order valence-corrected chi connectivity index (χ1v) is 15.7. The highest BCUT2D eigenvalue weighted by molar-refractivity contribution is 5.99. The predicted octanol–water partition coefficient (Wildman–Crippen LogP) is 7.27. The molecule has 2 aliphatic heterocycles. The van der Waals surface area contributed by atoms with E-state index >= 15 is 0 Å². The molecule has 1 aliphatic carbocycles. The summed E-state index contributed by atoms with van der Waals surface area (Å²) in [6.07, 6.45) is 8.68. The van der Waals surface area contributed by atoms with Crippen LogP contribution >= 0.6 is 0 Å². The van der Waals surface area contributed by atoms with Crippen molar-refractivity contribution in [1.82, 2.24) is 9.47 Å². The number of rotatable bonds is 9. The predicted molar refractivity (Wildman–Crippen MR) is 171 cm³/mol. The van der Waals surface area contributed by atoms with Crippen LogP contribution in [-0.2, 0) is 11.3 Å². The zero-order valence-corrected chi connectivity index (χ0v) is 24.7. The molecule has 1 atom stereocenters. The highest BCUT2D eigenvalue weighted by Gasteiger charge is 2.31. The molecule has 1 saturated heterocycles. The molecule has 0 unspecified atom stereocenters. The highest BCUT2D eigenvalue weighted by Crippen LogP contribution is 2.48. The van der Waals surface area contributed by atoms with E-state index in [1.807, 2.05) is 20.1 Å². The highest BCUT2D eigenvalue weighted by atomic mass is 16.5. The lowest BCUT2D eigenvalue weighted by atomic mass is 9.81. The monoisotopic (exact) mass is 575 g/mol. The second-order valence-corrected chi connectivity index (χ2v) is 12.1. The Kier molecular flexibility index (Phi) is 9.79. The van der Waals surface area contributed by atoms with Crippen LogP contribution in [0.2, 0.25) is 0 Å². The van der Waals surface area contributed by atoms with Gasteiger partial charge in [0.1, 0.15) is 5.75 Å². The molecule has 1 N–H and O–H groups in total. The maximum Gasteiger partial charge on any atom is 0.335 e. The number of benzene rings is 2. The third-order valence-electron chi connectivity index (χ3n) is 9.53. The van der Waals surface area contributed by atoms with Crippen molar-refractivity contribution < 1.29 is 19.4 Å². The number of piperidine rings is 1. The summed E-state index contributed by atoms with van der Waals surface area (Å²) < 4.78 is 13.9. The first-order chi connectivity index (χ1) is 20.1. The molecule has 3 aromatic rings. The Hall–Kier alpha value is -3.03. The maximum absolute atomic E-state index is 12.0. The summed E-state index contributed by atoms with van der Waals surface area (Å²) in [5, 5.41) is 11.1. The van der Waals surface area contributed by atoms with Gasteiger partial charge in [0.2, 0.25) is 0 Å². The summed E-state index contributed by atoms with van der Waals surface area (Å²) in [7, 11) is 1.81. The Bertz CT molecular complexity index is 1370. The van der Waals surface area contributed by atoms with Crippen molar-refractivity contribution >= 4 is 22.6 Å². The van der Waals surface area contributed by atoms with Gasteiger partial charge >= 0.3 is 5.97 Å². The van der Waals surface area contributed by atoms with E-state index in [2.05, 4.69) is 38.6 Å². The van der Waals surface area contributed by atoms with Gasteiger partial charge in [0.15, 0.2) is 0 Å². The molecule has 7 nitrogen and oxygen atoms in total. The average molecular weight is 576 g/mol. The van der Waals surface area contributed by atoms with Gasteiger partial charge in [-0.3, -0.25) is 0 Å². The first kappa shape index (κ1) is 30.4. The number of hydrogen-bond acceptors (Lipinski definition) is 5. The number of ether oxygens (including phenoxy) is 2. The Morgan fingerprint density at radius 2 is 1.81 bits per heavy atom. The summed E-state index contributed by atoms with van der Waals surface area (Å²) in [5.41, 5.74) is 6.60. The number of carbonyl (C=O) groups is 1. The molecule has 6 rings (SSSR count). The molecule has 3 aliphatic rings. The van der Waals surface area contributed by atoms with Gasteiger partial charge in [0, 0.05) is 68.1 Å². The summed E-state index contributed by atoms with van der Waals surface area (Å²) in [6, 6.07) is 12.4. The molecule has 1 aromatic heterocycles. The number of methoxy groups -OCH3 is 1. The molecule has 3 heterocycles. The van der Waals surface area contributed by atoms with Crippen LogP contribution in [0.4, 0.5) is 5.69 Å². The van der Waals surface area contributed by atoms with Crippen molar-refractivity contribution in [2.45, 2.75) is 71.8 Å². The summed E-state index contributed by atoms with van der Waals surface area (Å²) >= 11 is 0. The van der Waals surface area contributed by atoms with Crippen LogP contribution in [0, 0.1) is 5.92 Å². The van der Waals surface area contributed by atoms with E-state index in [4.69, 9.17) is 9.47 Å². The van der Waals surface area contributed by atoms with Crippen LogP contribution in [-0.4, -0.2) is 73.6 Å². The molecule has 0 spiro atoms. The fraction of sp³-hybridized carbons (Fsp3) is 0.571. The Morgan fingerprint density at radius 3 is 2.57 bits per heavy atom. The van der Waals surface area contributed by atoms with E-state index in [0.717, 1.165) is 57.1 Å². The lowest BCUT2D eigenvalue weighted by molar-refractivity contribution is 0.0697. The van der Waals surface area contributed by atoms with E-state index in [9.17, 15) is 9.90 Å². The van der Waals surface area contributed by atoms with Gasteiger partial charge in [-0.1, -0.05) is 32.8 Å². The van der Waals surface area contributed by atoms with Gasteiger partial charge in [-0.25, -0.2) is 4.79 Å². The lowest BCUT2D eigenvalue weighted by Crippen LogP contribution is -2.42. The van der Waals surface area contributed by atoms with Crippen molar-refractivity contribution in [3.8, 4) is 17.0 Å². The minimum absolute atomic E-state index is 0. The number of anilines is 1. The minimum atomic E-state index is -0.869. The fourth-order valence-corrected chi connectivity index (χ4v) is 7.63. The van der Waals surface area contributed by atoms with E-state index in [1.54, 1.807) is 6.07 Å². The molecule has 228 valence electrons. The summed E-state index contributed by atoms with van der Waals surface area (Å²) in [6.45, 7) is 9.43. The van der Waals surface area contributed by atoms with Crippen LogP contribution in [0.1, 0.15) is 81.1 Å². The zero-order valence-electron chi connectivity index (χ0n) is 24.7. The molecule has 2 aromatic carbocycles. The van der Waals surface area contributed by atoms with Gasteiger partial charge in [-0.15, -0.1) is 0 Å². The molecule has 0 amide bonds. The molecule has 42 heavy (non-hydrogen) atoms. The third-order valence-corrected chi connectivity index (χ3v) is 9.53. The molecule has 2 fully saturated rings. The maximum atomic E-state index is 12.0. The first-order valence-electron chi connectivity index (χ1n) is 15.7. The van der Waals surface area contributed by atoms with E-state index in [1.165, 1.54) is 72.8 Å². The van der Waals surface area contributed by atoms with Gasteiger partial charge in [0.05, 0.1) is 24.5 Å². The number of carboxylic acids is 1. The second kappa shape index (κ2) is 13.5. The smallest absolute Gasteiger partial charge is 0.335 e. The van der Waals surface area contributed by atoms with Crippen molar-refractivity contribution in [3.05, 3.63) is 47.5 Å². The Labute approximate surface area is 251 Å². The van der Waals surface area contributed by atoms with Gasteiger partial charge in [0.25, 0.3) is 0 Å². The molecule has 0 bridgehead atoms. The van der Waals surface area contributed by atoms with Crippen molar-refractivity contribution in [1.29, 1.82) is 0 Å². The number of nitrogens with zero attached hydrogens (tertiary/aromatic N) is 3. The minimum Gasteiger partial charge on any atom is -0.494 e. The topological polar surface area (TPSA) is 67.2 Å².